The maximum absolute atomic E-state index is 13.1. The number of hydrogen-bond donors (Lipinski definition) is 2. The zero-order chi connectivity index (χ0) is 22.5. The van der Waals surface area contributed by atoms with E-state index in [0.29, 0.717) is 18.9 Å². The number of nitrogens with one attached hydrogen (secondary N) is 2. The summed E-state index contributed by atoms with van der Waals surface area (Å²) < 4.78 is 3.69. The number of rotatable bonds is 8. The van der Waals surface area contributed by atoms with Crippen molar-refractivity contribution in [1.82, 2.24) is 29.9 Å². The largest absolute Gasteiger partial charge is 0.309 e. The highest BCUT2D eigenvalue weighted by molar-refractivity contribution is 5.94. The normalized spacial score (nSPS) is 12.0. The summed E-state index contributed by atoms with van der Waals surface area (Å²) in [7, 11) is 1.87. The van der Waals surface area contributed by atoms with Crippen LogP contribution < -0.4 is 10.6 Å². The Morgan fingerprint density at radius 1 is 1.06 bits per heavy atom. The van der Waals surface area contributed by atoms with Gasteiger partial charge in [0.2, 0.25) is 5.91 Å². The number of hydrogen-bond acceptors (Lipinski definition) is 5. The Balaban J connectivity index is 1.44. The van der Waals surface area contributed by atoms with Crippen molar-refractivity contribution >= 4 is 11.7 Å². The lowest BCUT2D eigenvalue weighted by molar-refractivity contribution is -0.118. The number of anilines is 1. The van der Waals surface area contributed by atoms with E-state index in [1.165, 1.54) is 0 Å². The number of aromatic nitrogens is 5. The summed E-state index contributed by atoms with van der Waals surface area (Å²) in [6.07, 6.45) is 5.45. The molecule has 0 saturated heterocycles. The van der Waals surface area contributed by atoms with Gasteiger partial charge in [-0.2, -0.15) is 10.2 Å². The Kier molecular flexibility index (Phi) is 6.42. The first-order chi connectivity index (χ1) is 15.5. The topological polar surface area (TPSA) is 89.7 Å². The first kappa shape index (κ1) is 21.5. The van der Waals surface area contributed by atoms with Crippen LogP contribution in [0.15, 0.2) is 67.1 Å². The van der Waals surface area contributed by atoms with E-state index in [4.69, 9.17) is 0 Å². The van der Waals surface area contributed by atoms with Crippen molar-refractivity contribution in [3.63, 3.8) is 0 Å². The van der Waals surface area contributed by atoms with Gasteiger partial charge in [0, 0.05) is 42.8 Å². The number of carbonyl (C=O) groups excluding carboxylic acids is 1. The first-order valence-corrected chi connectivity index (χ1v) is 10.5. The van der Waals surface area contributed by atoms with Crippen LogP contribution in [-0.2, 0) is 18.4 Å². The molecule has 0 aliphatic carbocycles. The summed E-state index contributed by atoms with van der Waals surface area (Å²) in [6.45, 7) is 5.28. The molecule has 0 radical (unpaired) electrons. The third-order valence-electron chi connectivity index (χ3n) is 5.22. The van der Waals surface area contributed by atoms with Gasteiger partial charge in [0.1, 0.15) is 11.9 Å². The van der Waals surface area contributed by atoms with Crippen LogP contribution in [0, 0.1) is 13.8 Å². The van der Waals surface area contributed by atoms with Crippen molar-refractivity contribution in [3.05, 3.63) is 84.1 Å². The molecule has 2 N–H and O–H groups in total. The Morgan fingerprint density at radius 2 is 1.88 bits per heavy atom. The van der Waals surface area contributed by atoms with Crippen LogP contribution in [-0.4, -0.2) is 37.0 Å². The first-order valence-electron chi connectivity index (χ1n) is 10.5. The molecule has 0 spiro atoms. The fourth-order valence-electron chi connectivity index (χ4n) is 3.63. The summed E-state index contributed by atoms with van der Waals surface area (Å²) in [5.41, 5.74) is 4.90. The van der Waals surface area contributed by atoms with E-state index >= 15 is 0 Å². The van der Waals surface area contributed by atoms with Gasteiger partial charge in [-0.3, -0.25) is 14.2 Å². The van der Waals surface area contributed by atoms with Gasteiger partial charge in [0.05, 0.1) is 18.4 Å². The lowest BCUT2D eigenvalue weighted by atomic mass is 10.1. The molecule has 4 rings (SSSR count). The minimum Gasteiger partial charge on any atom is -0.309 e. The molecule has 8 heteroatoms. The number of pyridine rings is 1. The minimum absolute atomic E-state index is 0.161. The fourth-order valence-corrected chi connectivity index (χ4v) is 3.63. The van der Waals surface area contributed by atoms with Gasteiger partial charge in [-0.1, -0.05) is 30.3 Å². The van der Waals surface area contributed by atoms with Gasteiger partial charge >= 0.3 is 0 Å². The van der Waals surface area contributed by atoms with Crippen LogP contribution in [0.3, 0.4) is 0 Å². The van der Waals surface area contributed by atoms with E-state index in [9.17, 15) is 4.79 Å². The number of carbonyl (C=O) groups is 1. The minimum atomic E-state index is -0.507. The molecule has 8 nitrogen and oxygen atoms in total. The van der Waals surface area contributed by atoms with Crippen LogP contribution in [0.2, 0.25) is 0 Å². The van der Waals surface area contributed by atoms with Gasteiger partial charge in [-0.25, -0.2) is 4.98 Å². The highest BCUT2D eigenvalue weighted by atomic mass is 16.2. The van der Waals surface area contributed by atoms with Crippen molar-refractivity contribution in [1.29, 1.82) is 0 Å². The standard InChI is InChI=1S/C24H27N7O/c1-17-13-18(2)31(29-17)12-11-25-23(19-7-5-4-6-8-19)24(32)28-22-10-9-20(14-26-22)21-15-27-30(3)16-21/h4-10,13-16,23,25H,11-12H2,1-3H3,(H,26,28,32)/t23-/m0/s1. The molecule has 4 aromatic rings. The number of benzene rings is 1. The third kappa shape index (κ3) is 5.09. The van der Waals surface area contributed by atoms with E-state index in [1.54, 1.807) is 23.1 Å². The Labute approximate surface area is 187 Å². The number of nitrogens with zero attached hydrogens (tertiary/aromatic N) is 5. The second-order valence-electron chi connectivity index (χ2n) is 7.77. The Hall–Kier alpha value is -3.78. The highest BCUT2D eigenvalue weighted by Crippen LogP contribution is 2.20. The van der Waals surface area contributed by atoms with Crippen LogP contribution in [0.4, 0.5) is 5.82 Å². The zero-order valence-corrected chi connectivity index (χ0v) is 18.5. The molecule has 0 fully saturated rings. The molecule has 0 aliphatic rings. The van der Waals surface area contributed by atoms with Crippen molar-refractivity contribution in [2.75, 3.05) is 11.9 Å². The van der Waals surface area contributed by atoms with Gasteiger partial charge < -0.3 is 10.6 Å². The van der Waals surface area contributed by atoms with Crippen LogP contribution in [0.25, 0.3) is 11.1 Å². The lowest BCUT2D eigenvalue weighted by Crippen LogP contribution is -2.35. The Morgan fingerprint density at radius 3 is 2.50 bits per heavy atom. The van der Waals surface area contributed by atoms with Crippen LogP contribution in [0.5, 0.6) is 0 Å². The average Bonchev–Trinajstić information content (AvgIpc) is 3.36. The third-order valence-corrected chi connectivity index (χ3v) is 5.22. The SMILES string of the molecule is Cc1cc(C)n(CCN[C@H](C(=O)Nc2ccc(-c3cnn(C)c3)cn2)c2ccccc2)n1. The maximum atomic E-state index is 13.1. The molecule has 1 aromatic carbocycles. The summed E-state index contributed by atoms with van der Waals surface area (Å²) in [6, 6.07) is 15.0. The van der Waals surface area contributed by atoms with Crippen LogP contribution in [0.1, 0.15) is 23.0 Å². The summed E-state index contributed by atoms with van der Waals surface area (Å²) in [4.78, 5) is 17.5. The van der Waals surface area contributed by atoms with Gasteiger partial charge in [-0.15, -0.1) is 0 Å². The summed E-state index contributed by atoms with van der Waals surface area (Å²) >= 11 is 0. The highest BCUT2D eigenvalue weighted by Gasteiger charge is 2.20. The molecule has 164 valence electrons. The molecule has 3 heterocycles. The van der Waals surface area contributed by atoms with E-state index < -0.39 is 6.04 Å². The molecule has 0 bridgehead atoms. The Bertz CT molecular complexity index is 1180. The average molecular weight is 430 g/mol. The van der Waals surface area contributed by atoms with Gasteiger partial charge in [-0.05, 0) is 37.6 Å². The van der Waals surface area contributed by atoms with Gasteiger partial charge in [0.25, 0.3) is 0 Å². The summed E-state index contributed by atoms with van der Waals surface area (Å²) in [5, 5.41) is 15.0. The quantitative estimate of drug-likeness (QED) is 0.449. The zero-order valence-electron chi connectivity index (χ0n) is 18.5. The molecule has 1 atom stereocenters. The van der Waals surface area contributed by atoms with E-state index in [-0.39, 0.29) is 5.91 Å². The monoisotopic (exact) mass is 429 g/mol. The van der Waals surface area contributed by atoms with E-state index in [1.807, 2.05) is 74.2 Å². The van der Waals surface area contributed by atoms with Crippen LogP contribution >= 0.6 is 0 Å². The second-order valence-corrected chi connectivity index (χ2v) is 7.77. The van der Waals surface area contributed by atoms with Gasteiger partial charge in [0.15, 0.2) is 0 Å². The molecular weight excluding hydrogens is 402 g/mol. The lowest BCUT2D eigenvalue weighted by Gasteiger charge is -2.19. The summed E-state index contributed by atoms with van der Waals surface area (Å²) in [5.74, 6) is 0.343. The maximum Gasteiger partial charge on any atom is 0.247 e. The second kappa shape index (κ2) is 9.57. The van der Waals surface area contributed by atoms with Crippen molar-refractivity contribution in [3.8, 4) is 11.1 Å². The molecular formula is C24H27N7O. The molecule has 0 saturated carbocycles. The molecule has 32 heavy (non-hydrogen) atoms. The molecule has 0 unspecified atom stereocenters. The van der Waals surface area contributed by atoms with E-state index in [2.05, 4.69) is 25.8 Å². The van der Waals surface area contributed by atoms with E-state index in [0.717, 1.165) is 28.1 Å². The van der Waals surface area contributed by atoms with Crippen molar-refractivity contribution in [2.45, 2.75) is 26.4 Å². The predicted molar refractivity (Wildman–Crippen MR) is 124 cm³/mol. The number of amides is 1. The molecule has 0 aliphatic heterocycles. The molecule has 3 aromatic heterocycles. The predicted octanol–water partition coefficient (Wildman–Crippen LogP) is 3.27. The molecule has 1 amide bonds. The number of aryl methyl sites for hydroxylation is 3. The van der Waals surface area contributed by atoms with Crippen molar-refractivity contribution < 1.29 is 4.79 Å². The smallest absolute Gasteiger partial charge is 0.247 e. The fraction of sp³-hybridized carbons (Fsp3) is 0.250. The van der Waals surface area contributed by atoms with Crippen molar-refractivity contribution in [2.24, 2.45) is 7.05 Å².